The van der Waals surface area contributed by atoms with Crippen molar-refractivity contribution in [1.82, 2.24) is 19.2 Å². The molecule has 0 radical (unpaired) electrons. The van der Waals surface area contributed by atoms with Crippen molar-refractivity contribution in [1.29, 1.82) is 0 Å². The van der Waals surface area contributed by atoms with E-state index >= 15 is 0 Å². The molecule has 4 aromatic rings. The zero-order valence-electron chi connectivity index (χ0n) is 14.3. The summed E-state index contributed by atoms with van der Waals surface area (Å²) in [4.78, 5) is 16.3. The Hall–Kier alpha value is -3.28. The summed E-state index contributed by atoms with van der Waals surface area (Å²) in [6.45, 7) is 2.68. The molecule has 0 saturated carbocycles. The zero-order valence-corrected chi connectivity index (χ0v) is 14.3. The highest BCUT2D eigenvalue weighted by Gasteiger charge is 2.17. The maximum Gasteiger partial charge on any atom is 0.250 e. The molecule has 5 nitrogen and oxygen atoms in total. The lowest BCUT2D eigenvalue weighted by molar-refractivity contribution is 0.628. The maximum atomic E-state index is 13.3. The highest BCUT2D eigenvalue weighted by molar-refractivity contribution is 5.91. The van der Waals surface area contributed by atoms with Crippen LogP contribution in [0.4, 0.5) is 4.39 Å². The minimum absolute atomic E-state index is 0.0338. The monoisotopic (exact) mass is 348 g/mol. The van der Waals surface area contributed by atoms with E-state index in [2.05, 4.69) is 10.1 Å². The first kappa shape index (κ1) is 16.2. The summed E-state index contributed by atoms with van der Waals surface area (Å²) >= 11 is 0. The number of pyridine rings is 1. The van der Waals surface area contributed by atoms with Gasteiger partial charge in [-0.2, -0.15) is 5.10 Å². The highest BCUT2D eigenvalue weighted by Crippen LogP contribution is 2.34. The van der Waals surface area contributed by atoms with Crippen molar-refractivity contribution in [2.24, 2.45) is 0 Å². The third-order valence-electron chi connectivity index (χ3n) is 4.29. The molecule has 0 N–H and O–H groups in total. The van der Waals surface area contributed by atoms with Crippen LogP contribution in [0.5, 0.6) is 0 Å². The van der Waals surface area contributed by atoms with Crippen LogP contribution in [0.2, 0.25) is 0 Å². The number of rotatable bonds is 4. The lowest BCUT2D eigenvalue weighted by atomic mass is 10.0. The second kappa shape index (κ2) is 6.55. The van der Waals surface area contributed by atoms with Crippen molar-refractivity contribution in [2.75, 3.05) is 0 Å². The second-order valence-corrected chi connectivity index (χ2v) is 6.09. The number of benzene rings is 1. The second-order valence-electron chi connectivity index (χ2n) is 6.09. The minimum Gasteiger partial charge on any atom is -0.315 e. The fourth-order valence-electron chi connectivity index (χ4n) is 3.09. The van der Waals surface area contributed by atoms with Crippen molar-refractivity contribution in [2.45, 2.75) is 19.9 Å². The number of halogens is 1. The van der Waals surface area contributed by atoms with Gasteiger partial charge in [0, 0.05) is 47.9 Å². The molecule has 6 heteroatoms. The molecule has 0 saturated heterocycles. The van der Waals surface area contributed by atoms with Crippen molar-refractivity contribution < 1.29 is 4.39 Å². The topological polar surface area (TPSA) is 52.2 Å². The fourth-order valence-corrected chi connectivity index (χ4v) is 3.09. The lowest BCUT2D eigenvalue weighted by Gasteiger charge is -2.08. The summed E-state index contributed by atoms with van der Waals surface area (Å²) < 4.78 is 16.8. The van der Waals surface area contributed by atoms with Gasteiger partial charge in [-0.1, -0.05) is 6.92 Å². The number of aryl methyl sites for hydroxylation is 1. The van der Waals surface area contributed by atoms with Crippen LogP contribution in [0.15, 0.2) is 66.0 Å². The average Bonchev–Trinajstić information content (AvgIpc) is 3.04. The van der Waals surface area contributed by atoms with Gasteiger partial charge in [0.2, 0.25) is 0 Å². The van der Waals surface area contributed by atoms with Gasteiger partial charge in [0.1, 0.15) is 11.5 Å². The molecule has 0 spiro atoms. The van der Waals surface area contributed by atoms with Gasteiger partial charge in [0.25, 0.3) is 5.56 Å². The molecule has 1 aromatic carbocycles. The largest absolute Gasteiger partial charge is 0.315 e. The smallest absolute Gasteiger partial charge is 0.250 e. The van der Waals surface area contributed by atoms with E-state index < -0.39 is 0 Å². The summed E-state index contributed by atoms with van der Waals surface area (Å²) in [5, 5.41) is 4.65. The molecule has 3 aromatic heterocycles. The quantitative estimate of drug-likeness (QED) is 0.564. The Morgan fingerprint density at radius 1 is 1.08 bits per heavy atom. The summed E-state index contributed by atoms with van der Waals surface area (Å²) in [6, 6.07) is 9.61. The molecule has 3 heterocycles. The highest BCUT2D eigenvalue weighted by atomic mass is 19.1. The Balaban J connectivity index is 1.99. The summed E-state index contributed by atoms with van der Waals surface area (Å²) in [5.74, 6) is -0.294. The molecule has 0 unspecified atom stereocenters. The Morgan fingerprint density at radius 3 is 2.62 bits per heavy atom. The number of aromatic nitrogens is 4. The molecule has 26 heavy (non-hydrogen) atoms. The van der Waals surface area contributed by atoms with E-state index in [1.54, 1.807) is 51.9 Å². The van der Waals surface area contributed by atoms with Crippen LogP contribution in [0.1, 0.15) is 13.3 Å². The molecule has 4 rings (SSSR count). The number of hydrogen-bond acceptors (Lipinski definition) is 3. The molecule has 0 aliphatic rings. The molecule has 0 atom stereocenters. The van der Waals surface area contributed by atoms with Gasteiger partial charge in [0.05, 0.1) is 11.7 Å². The van der Waals surface area contributed by atoms with Crippen LogP contribution in [0, 0.1) is 5.82 Å². The van der Waals surface area contributed by atoms with E-state index in [1.807, 2.05) is 13.1 Å². The van der Waals surface area contributed by atoms with Crippen LogP contribution in [0.25, 0.3) is 27.9 Å². The van der Waals surface area contributed by atoms with E-state index in [-0.39, 0.29) is 11.4 Å². The van der Waals surface area contributed by atoms with Gasteiger partial charge in [-0.05, 0) is 36.8 Å². The van der Waals surface area contributed by atoms with Gasteiger partial charge in [-0.3, -0.25) is 9.78 Å². The van der Waals surface area contributed by atoms with Gasteiger partial charge in [-0.15, -0.1) is 0 Å². The maximum absolute atomic E-state index is 13.3. The molecule has 0 bridgehead atoms. The lowest BCUT2D eigenvalue weighted by Crippen LogP contribution is -2.18. The van der Waals surface area contributed by atoms with Crippen molar-refractivity contribution >= 4 is 5.52 Å². The SMILES string of the molecule is CCCn1cc(-c2c(-c3ccc(F)cc3)nn3ccncc23)ccc1=O. The first-order valence-electron chi connectivity index (χ1n) is 8.46. The van der Waals surface area contributed by atoms with Crippen LogP contribution in [-0.2, 0) is 6.54 Å². The summed E-state index contributed by atoms with van der Waals surface area (Å²) in [5.41, 5.74) is 4.06. The number of nitrogens with zero attached hydrogens (tertiary/aromatic N) is 4. The summed E-state index contributed by atoms with van der Waals surface area (Å²) in [7, 11) is 0. The molecule has 0 amide bonds. The van der Waals surface area contributed by atoms with Crippen LogP contribution in [-0.4, -0.2) is 19.2 Å². The average molecular weight is 348 g/mol. The molecular formula is C20H17FN4O. The first-order valence-corrected chi connectivity index (χ1v) is 8.46. The Bertz CT molecular complexity index is 1130. The van der Waals surface area contributed by atoms with Crippen molar-refractivity contribution in [3.63, 3.8) is 0 Å². The van der Waals surface area contributed by atoms with Gasteiger partial charge in [-0.25, -0.2) is 8.91 Å². The third kappa shape index (κ3) is 2.79. The van der Waals surface area contributed by atoms with Crippen LogP contribution in [0.3, 0.4) is 0 Å². The van der Waals surface area contributed by atoms with E-state index in [0.29, 0.717) is 6.54 Å². The van der Waals surface area contributed by atoms with E-state index in [1.165, 1.54) is 12.1 Å². The third-order valence-corrected chi connectivity index (χ3v) is 4.29. The Kier molecular flexibility index (Phi) is 4.08. The first-order chi connectivity index (χ1) is 12.7. The standard InChI is InChI=1S/C20H17FN4O/c1-2-10-24-13-15(5-8-18(24)26)19-17-12-22-9-11-25(17)23-20(19)14-3-6-16(21)7-4-14/h3-9,11-13H,2,10H2,1H3. The van der Waals surface area contributed by atoms with Gasteiger partial charge in [0.15, 0.2) is 0 Å². The zero-order chi connectivity index (χ0) is 18.1. The van der Waals surface area contributed by atoms with Gasteiger partial charge < -0.3 is 4.57 Å². The molecule has 0 aliphatic carbocycles. The van der Waals surface area contributed by atoms with Crippen molar-refractivity contribution in [3.8, 4) is 22.4 Å². The van der Waals surface area contributed by atoms with Crippen LogP contribution >= 0.6 is 0 Å². The van der Waals surface area contributed by atoms with E-state index in [4.69, 9.17) is 0 Å². The molecule has 130 valence electrons. The normalized spacial score (nSPS) is 11.2. The molecule has 0 aliphatic heterocycles. The van der Waals surface area contributed by atoms with E-state index in [0.717, 1.165) is 34.3 Å². The molecule has 0 fully saturated rings. The predicted molar refractivity (Wildman–Crippen MR) is 98.4 cm³/mol. The summed E-state index contributed by atoms with van der Waals surface area (Å²) in [6.07, 6.45) is 7.89. The van der Waals surface area contributed by atoms with E-state index in [9.17, 15) is 9.18 Å². The van der Waals surface area contributed by atoms with Crippen LogP contribution < -0.4 is 5.56 Å². The molecular weight excluding hydrogens is 331 g/mol. The predicted octanol–water partition coefficient (Wildman–Crippen LogP) is 3.77. The Morgan fingerprint density at radius 2 is 1.85 bits per heavy atom. The minimum atomic E-state index is -0.294. The van der Waals surface area contributed by atoms with Crippen molar-refractivity contribution in [3.05, 3.63) is 77.4 Å². The Labute approximate surface area is 149 Å². The fraction of sp³-hybridized carbons (Fsp3) is 0.150. The van der Waals surface area contributed by atoms with Gasteiger partial charge >= 0.3 is 0 Å². The number of fused-ring (bicyclic) bond motifs is 1. The number of hydrogen-bond donors (Lipinski definition) is 0.